The van der Waals surface area contributed by atoms with Gasteiger partial charge in [-0.15, -0.1) is 0 Å². The van der Waals surface area contributed by atoms with Gasteiger partial charge in [-0.25, -0.2) is 0 Å². The summed E-state index contributed by atoms with van der Waals surface area (Å²) in [5.41, 5.74) is 4.48. The molecule has 2 aromatic carbocycles. The third-order valence-corrected chi connectivity index (χ3v) is 3.98. The first-order chi connectivity index (χ1) is 10.1. The Labute approximate surface area is 129 Å². The number of nitrogens with one attached hydrogen (secondary N) is 1. The molecule has 0 aromatic heterocycles. The van der Waals surface area contributed by atoms with E-state index in [4.69, 9.17) is 11.6 Å². The summed E-state index contributed by atoms with van der Waals surface area (Å²) < 4.78 is 0. The van der Waals surface area contributed by atoms with Gasteiger partial charge in [-0.2, -0.15) is 0 Å². The number of hydrogen-bond donors (Lipinski definition) is 1. The lowest BCUT2D eigenvalue weighted by Crippen LogP contribution is -2.25. The maximum absolute atomic E-state index is 11.5. The van der Waals surface area contributed by atoms with E-state index in [1.807, 2.05) is 41.3 Å². The van der Waals surface area contributed by atoms with Gasteiger partial charge in [0.1, 0.15) is 0 Å². The van der Waals surface area contributed by atoms with Crippen LogP contribution in [0.4, 0.5) is 11.4 Å². The molecule has 0 bridgehead atoms. The lowest BCUT2D eigenvalue weighted by atomic mass is 10.1. The fourth-order valence-electron chi connectivity index (χ4n) is 2.69. The maximum atomic E-state index is 11.5. The van der Waals surface area contributed by atoms with Crippen molar-refractivity contribution in [1.82, 2.24) is 0 Å². The quantitative estimate of drug-likeness (QED) is 0.933. The Morgan fingerprint density at radius 3 is 2.90 bits per heavy atom. The Hall–Kier alpha value is -2.00. The minimum Gasteiger partial charge on any atom is -0.381 e. The van der Waals surface area contributed by atoms with Crippen LogP contribution in [-0.2, 0) is 17.8 Å². The summed E-state index contributed by atoms with van der Waals surface area (Å²) in [5, 5.41) is 4.15. The fourth-order valence-corrected chi connectivity index (χ4v) is 2.90. The summed E-state index contributed by atoms with van der Waals surface area (Å²) in [4.78, 5) is 13.4. The number of benzene rings is 2. The second-order valence-corrected chi connectivity index (χ2v) is 5.68. The van der Waals surface area contributed by atoms with Gasteiger partial charge >= 0.3 is 0 Å². The normalized spacial score (nSPS) is 13.1. The first kappa shape index (κ1) is 14.0. The molecule has 1 heterocycles. The van der Waals surface area contributed by atoms with Crippen LogP contribution < -0.4 is 10.2 Å². The van der Waals surface area contributed by atoms with Crippen molar-refractivity contribution in [2.24, 2.45) is 0 Å². The van der Waals surface area contributed by atoms with Gasteiger partial charge in [-0.1, -0.05) is 23.7 Å². The number of carbonyl (C=O) groups excluding carboxylic acids is 1. The largest absolute Gasteiger partial charge is 0.381 e. The van der Waals surface area contributed by atoms with Gasteiger partial charge in [-0.05, 0) is 47.9 Å². The second-order valence-electron chi connectivity index (χ2n) is 5.25. The Balaban J connectivity index is 1.72. The topological polar surface area (TPSA) is 32.3 Å². The summed E-state index contributed by atoms with van der Waals surface area (Å²) in [6.07, 6.45) is 0.918. The number of carbonyl (C=O) groups is 1. The van der Waals surface area contributed by atoms with E-state index in [2.05, 4.69) is 11.4 Å². The highest BCUT2D eigenvalue weighted by Crippen LogP contribution is 2.30. The zero-order valence-electron chi connectivity index (χ0n) is 11.9. The standard InChI is InChI=1S/C17H17ClN2O/c1-12(21)20-8-7-14-10-16(5-6-17(14)20)19-11-13-3-2-4-15(18)9-13/h2-6,9-10,19H,7-8,11H2,1H3. The lowest BCUT2D eigenvalue weighted by Gasteiger charge is -2.15. The highest BCUT2D eigenvalue weighted by atomic mass is 35.5. The Bertz CT molecular complexity index is 684. The fraction of sp³-hybridized carbons (Fsp3) is 0.235. The molecule has 21 heavy (non-hydrogen) atoms. The van der Waals surface area contributed by atoms with E-state index in [1.165, 1.54) is 5.56 Å². The third-order valence-electron chi connectivity index (χ3n) is 3.74. The summed E-state index contributed by atoms with van der Waals surface area (Å²) in [7, 11) is 0. The monoisotopic (exact) mass is 300 g/mol. The van der Waals surface area contributed by atoms with E-state index in [0.29, 0.717) is 0 Å². The van der Waals surface area contributed by atoms with E-state index >= 15 is 0 Å². The number of fused-ring (bicyclic) bond motifs is 1. The van der Waals surface area contributed by atoms with Crippen molar-refractivity contribution < 1.29 is 4.79 Å². The van der Waals surface area contributed by atoms with Crippen molar-refractivity contribution in [2.45, 2.75) is 19.9 Å². The van der Waals surface area contributed by atoms with E-state index in [1.54, 1.807) is 6.92 Å². The van der Waals surface area contributed by atoms with Crippen LogP contribution in [0.25, 0.3) is 0 Å². The SMILES string of the molecule is CC(=O)N1CCc2cc(NCc3cccc(Cl)c3)ccc21. The van der Waals surface area contributed by atoms with Gasteiger partial charge in [0.15, 0.2) is 0 Å². The molecule has 3 rings (SSSR count). The summed E-state index contributed by atoms with van der Waals surface area (Å²) >= 11 is 5.98. The van der Waals surface area contributed by atoms with Gasteiger partial charge in [-0.3, -0.25) is 4.79 Å². The van der Waals surface area contributed by atoms with Crippen LogP contribution in [0.15, 0.2) is 42.5 Å². The van der Waals surface area contributed by atoms with Crippen LogP contribution in [0.3, 0.4) is 0 Å². The molecular formula is C17H17ClN2O. The van der Waals surface area contributed by atoms with Crippen molar-refractivity contribution in [3.8, 4) is 0 Å². The van der Waals surface area contributed by atoms with E-state index in [9.17, 15) is 4.79 Å². The second kappa shape index (κ2) is 5.78. The number of hydrogen-bond acceptors (Lipinski definition) is 2. The van der Waals surface area contributed by atoms with Crippen molar-refractivity contribution in [3.63, 3.8) is 0 Å². The predicted molar refractivity (Wildman–Crippen MR) is 87.0 cm³/mol. The molecule has 2 aromatic rings. The van der Waals surface area contributed by atoms with Crippen LogP contribution in [0, 0.1) is 0 Å². The average Bonchev–Trinajstić information content (AvgIpc) is 2.88. The number of rotatable bonds is 3. The Kier molecular flexibility index (Phi) is 3.84. The lowest BCUT2D eigenvalue weighted by molar-refractivity contribution is -0.116. The third kappa shape index (κ3) is 3.03. The van der Waals surface area contributed by atoms with Gasteiger partial charge in [0.2, 0.25) is 5.91 Å². The molecule has 0 radical (unpaired) electrons. The number of nitrogens with zero attached hydrogens (tertiary/aromatic N) is 1. The molecule has 0 atom stereocenters. The smallest absolute Gasteiger partial charge is 0.223 e. The molecule has 1 amide bonds. The summed E-state index contributed by atoms with van der Waals surface area (Å²) in [5.74, 6) is 0.105. The van der Waals surface area contributed by atoms with Crippen molar-refractivity contribution in [3.05, 3.63) is 58.6 Å². The van der Waals surface area contributed by atoms with E-state index in [-0.39, 0.29) is 5.91 Å². The maximum Gasteiger partial charge on any atom is 0.223 e. The highest BCUT2D eigenvalue weighted by Gasteiger charge is 2.21. The van der Waals surface area contributed by atoms with Crippen LogP contribution in [-0.4, -0.2) is 12.5 Å². The van der Waals surface area contributed by atoms with Crippen LogP contribution in [0.1, 0.15) is 18.1 Å². The van der Waals surface area contributed by atoms with Crippen molar-refractivity contribution in [2.75, 3.05) is 16.8 Å². The Morgan fingerprint density at radius 2 is 2.14 bits per heavy atom. The minimum absolute atomic E-state index is 0.105. The van der Waals surface area contributed by atoms with Crippen molar-refractivity contribution >= 4 is 28.9 Å². The molecule has 0 spiro atoms. The average molecular weight is 301 g/mol. The number of halogens is 1. The van der Waals surface area contributed by atoms with Crippen LogP contribution >= 0.6 is 11.6 Å². The van der Waals surface area contributed by atoms with E-state index in [0.717, 1.165) is 41.5 Å². The van der Waals surface area contributed by atoms with Gasteiger partial charge in [0.25, 0.3) is 0 Å². The zero-order chi connectivity index (χ0) is 14.8. The van der Waals surface area contributed by atoms with Crippen LogP contribution in [0.2, 0.25) is 5.02 Å². The zero-order valence-corrected chi connectivity index (χ0v) is 12.7. The molecule has 0 unspecified atom stereocenters. The molecule has 0 saturated carbocycles. The molecule has 0 fully saturated rings. The highest BCUT2D eigenvalue weighted by molar-refractivity contribution is 6.30. The molecule has 108 valence electrons. The minimum atomic E-state index is 0.105. The van der Waals surface area contributed by atoms with Gasteiger partial charge < -0.3 is 10.2 Å². The van der Waals surface area contributed by atoms with Gasteiger partial charge in [0.05, 0.1) is 0 Å². The van der Waals surface area contributed by atoms with Crippen LogP contribution in [0.5, 0.6) is 0 Å². The molecule has 1 aliphatic rings. The summed E-state index contributed by atoms with van der Waals surface area (Å²) in [6, 6.07) is 14.0. The molecule has 4 heteroatoms. The molecule has 0 saturated heterocycles. The van der Waals surface area contributed by atoms with Crippen molar-refractivity contribution in [1.29, 1.82) is 0 Å². The first-order valence-corrected chi connectivity index (χ1v) is 7.40. The molecule has 3 nitrogen and oxygen atoms in total. The molecule has 1 N–H and O–H groups in total. The summed E-state index contributed by atoms with van der Waals surface area (Å²) in [6.45, 7) is 3.12. The number of amides is 1. The molecule has 1 aliphatic heterocycles. The van der Waals surface area contributed by atoms with E-state index < -0.39 is 0 Å². The Morgan fingerprint density at radius 1 is 1.29 bits per heavy atom. The molecular weight excluding hydrogens is 284 g/mol. The predicted octanol–water partition coefficient (Wildman–Crippen LogP) is 3.86. The number of anilines is 2. The molecule has 0 aliphatic carbocycles. The van der Waals surface area contributed by atoms with Gasteiger partial charge in [0, 0.05) is 36.4 Å². The first-order valence-electron chi connectivity index (χ1n) is 7.03.